The number of hydrogen-bond acceptors (Lipinski definition) is 3. The van der Waals surface area contributed by atoms with Gasteiger partial charge < -0.3 is 5.11 Å². The molecule has 1 unspecified atom stereocenters. The summed E-state index contributed by atoms with van der Waals surface area (Å²) in [4.78, 5) is 10.6. The number of nitrogens with one attached hydrogen (secondary N) is 1. The molecule has 0 spiro atoms. The Balaban J connectivity index is 4.08. The van der Waals surface area contributed by atoms with Gasteiger partial charge in [0, 0.05) is 13.0 Å². The molecular formula is C13H27NO4S. The second-order valence-corrected chi connectivity index (χ2v) is 7.22. The van der Waals surface area contributed by atoms with E-state index in [9.17, 15) is 13.2 Å². The minimum atomic E-state index is -3.16. The summed E-state index contributed by atoms with van der Waals surface area (Å²) in [7, 11) is -3.16. The van der Waals surface area contributed by atoms with Crippen LogP contribution in [0.5, 0.6) is 0 Å². The first kappa shape index (κ1) is 18.4. The molecule has 1 atom stereocenters. The fourth-order valence-electron chi connectivity index (χ4n) is 1.93. The van der Waals surface area contributed by atoms with Crippen LogP contribution in [0.1, 0.15) is 52.9 Å². The Morgan fingerprint density at radius 1 is 1.26 bits per heavy atom. The van der Waals surface area contributed by atoms with Crippen molar-refractivity contribution in [3.8, 4) is 0 Å². The highest BCUT2D eigenvalue weighted by Gasteiger charge is 2.16. The van der Waals surface area contributed by atoms with Crippen LogP contribution in [0.2, 0.25) is 0 Å². The molecule has 0 aliphatic rings. The summed E-state index contributed by atoms with van der Waals surface area (Å²) in [5.41, 5.74) is 0. The molecule has 0 bridgehead atoms. The van der Waals surface area contributed by atoms with Crippen molar-refractivity contribution in [2.24, 2.45) is 11.8 Å². The minimum absolute atomic E-state index is 0.144. The largest absolute Gasteiger partial charge is 0.481 e. The Labute approximate surface area is 116 Å². The number of hydrogen-bond donors (Lipinski definition) is 2. The van der Waals surface area contributed by atoms with Gasteiger partial charge in [-0.25, -0.2) is 13.1 Å². The lowest BCUT2D eigenvalue weighted by Crippen LogP contribution is -2.29. The van der Waals surface area contributed by atoms with E-state index in [4.69, 9.17) is 5.11 Å². The van der Waals surface area contributed by atoms with Crippen LogP contribution in [0.25, 0.3) is 0 Å². The van der Waals surface area contributed by atoms with Crippen molar-refractivity contribution in [1.82, 2.24) is 4.72 Å². The molecule has 19 heavy (non-hydrogen) atoms. The summed E-state index contributed by atoms with van der Waals surface area (Å²) in [5, 5.41) is 8.68. The molecule has 0 fully saturated rings. The van der Waals surface area contributed by atoms with Gasteiger partial charge in [0.05, 0.1) is 5.75 Å². The monoisotopic (exact) mass is 293 g/mol. The topological polar surface area (TPSA) is 83.5 Å². The van der Waals surface area contributed by atoms with Gasteiger partial charge in [-0.3, -0.25) is 4.79 Å². The molecule has 5 nitrogen and oxygen atoms in total. The maximum absolute atomic E-state index is 11.6. The average molecular weight is 293 g/mol. The fraction of sp³-hybridized carbons (Fsp3) is 0.923. The van der Waals surface area contributed by atoms with Gasteiger partial charge in [0.2, 0.25) is 10.0 Å². The molecule has 0 rings (SSSR count). The third-order valence-electron chi connectivity index (χ3n) is 3.28. The Hall–Kier alpha value is -0.620. The summed E-state index contributed by atoms with van der Waals surface area (Å²) in [6.45, 7) is 6.43. The Morgan fingerprint density at radius 2 is 1.89 bits per heavy atom. The summed E-state index contributed by atoms with van der Waals surface area (Å²) in [6, 6.07) is 0. The van der Waals surface area contributed by atoms with Gasteiger partial charge in [-0.1, -0.05) is 27.2 Å². The van der Waals surface area contributed by atoms with Gasteiger partial charge in [0.25, 0.3) is 0 Å². The predicted molar refractivity (Wildman–Crippen MR) is 76.5 cm³/mol. The summed E-state index contributed by atoms with van der Waals surface area (Å²) in [6.07, 6.45) is 2.96. The van der Waals surface area contributed by atoms with E-state index in [0.717, 1.165) is 6.42 Å². The first-order chi connectivity index (χ1) is 8.78. The maximum atomic E-state index is 11.6. The third kappa shape index (κ3) is 9.90. The van der Waals surface area contributed by atoms with E-state index < -0.39 is 16.0 Å². The van der Waals surface area contributed by atoms with Crippen LogP contribution >= 0.6 is 0 Å². The highest BCUT2D eigenvalue weighted by atomic mass is 32.2. The molecule has 0 saturated carbocycles. The molecule has 114 valence electrons. The molecule has 0 amide bonds. The van der Waals surface area contributed by atoms with Crippen molar-refractivity contribution in [2.75, 3.05) is 12.3 Å². The first-order valence-electron chi connectivity index (χ1n) is 6.97. The lowest BCUT2D eigenvalue weighted by molar-refractivity contribution is -0.137. The third-order valence-corrected chi connectivity index (χ3v) is 4.75. The Morgan fingerprint density at radius 3 is 2.37 bits per heavy atom. The predicted octanol–water partition coefficient (Wildman–Crippen LogP) is 2.23. The van der Waals surface area contributed by atoms with Gasteiger partial charge in [-0.15, -0.1) is 0 Å². The molecule has 0 saturated heterocycles. The average Bonchev–Trinajstić information content (AvgIpc) is 2.30. The number of carbonyl (C=O) groups is 1. The van der Waals surface area contributed by atoms with Gasteiger partial charge in [0.1, 0.15) is 0 Å². The van der Waals surface area contributed by atoms with E-state index in [-0.39, 0.29) is 18.1 Å². The van der Waals surface area contributed by atoms with E-state index in [2.05, 4.69) is 4.72 Å². The van der Waals surface area contributed by atoms with Crippen molar-refractivity contribution < 1.29 is 18.3 Å². The smallest absolute Gasteiger partial charge is 0.303 e. The number of carboxylic acids is 1. The minimum Gasteiger partial charge on any atom is -0.481 e. The first-order valence-corrected chi connectivity index (χ1v) is 8.62. The zero-order valence-corrected chi connectivity index (χ0v) is 13.0. The molecule has 0 aliphatic carbocycles. The lowest BCUT2D eigenvalue weighted by Gasteiger charge is -2.20. The molecule has 0 aliphatic heterocycles. The van der Waals surface area contributed by atoms with Gasteiger partial charge in [-0.05, 0) is 31.1 Å². The van der Waals surface area contributed by atoms with Crippen LogP contribution in [0.4, 0.5) is 0 Å². The summed E-state index contributed by atoms with van der Waals surface area (Å²) < 4.78 is 25.8. The zero-order chi connectivity index (χ0) is 14.9. The van der Waals surface area contributed by atoms with E-state index in [0.29, 0.717) is 31.7 Å². The normalized spacial score (nSPS) is 13.7. The molecule has 0 heterocycles. The number of sulfonamides is 1. The maximum Gasteiger partial charge on any atom is 0.303 e. The van der Waals surface area contributed by atoms with Crippen molar-refractivity contribution in [3.05, 3.63) is 0 Å². The zero-order valence-electron chi connectivity index (χ0n) is 12.2. The van der Waals surface area contributed by atoms with Crippen LogP contribution in [0.3, 0.4) is 0 Å². The fourth-order valence-corrected chi connectivity index (χ4v) is 3.17. The van der Waals surface area contributed by atoms with Crippen LogP contribution in [0, 0.1) is 11.8 Å². The number of rotatable bonds is 11. The summed E-state index contributed by atoms with van der Waals surface area (Å²) in [5.74, 6) is -0.0241. The highest BCUT2D eigenvalue weighted by Crippen LogP contribution is 2.20. The number of aliphatic carboxylic acids is 1. The van der Waals surface area contributed by atoms with Crippen LogP contribution in [-0.2, 0) is 14.8 Å². The van der Waals surface area contributed by atoms with Crippen LogP contribution in [0.15, 0.2) is 0 Å². The van der Waals surface area contributed by atoms with Crippen molar-refractivity contribution in [1.29, 1.82) is 0 Å². The number of unbranched alkanes of at least 4 members (excludes halogenated alkanes) is 1. The molecular weight excluding hydrogens is 266 g/mol. The molecule has 0 radical (unpaired) electrons. The van der Waals surface area contributed by atoms with Crippen molar-refractivity contribution in [3.63, 3.8) is 0 Å². The van der Waals surface area contributed by atoms with Gasteiger partial charge in [0.15, 0.2) is 0 Å². The standard InChI is InChI=1S/C13H27NO4S/c1-4-5-10-19(17,18)14-9-8-12(11(2)3)6-7-13(15)16/h11-12,14H,4-10H2,1-3H3,(H,15,16). The molecule has 0 aromatic carbocycles. The molecule has 6 heteroatoms. The highest BCUT2D eigenvalue weighted by molar-refractivity contribution is 7.89. The summed E-state index contributed by atoms with van der Waals surface area (Å²) >= 11 is 0. The van der Waals surface area contributed by atoms with Gasteiger partial charge >= 0.3 is 5.97 Å². The van der Waals surface area contributed by atoms with Crippen molar-refractivity contribution >= 4 is 16.0 Å². The Bertz CT molecular complexity index is 352. The van der Waals surface area contributed by atoms with E-state index >= 15 is 0 Å². The van der Waals surface area contributed by atoms with Crippen molar-refractivity contribution in [2.45, 2.75) is 52.9 Å². The van der Waals surface area contributed by atoms with Crippen LogP contribution in [-0.4, -0.2) is 31.8 Å². The van der Waals surface area contributed by atoms with E-state index in [1.165, 1.54) is 0 Å². The molecule has 2 N–H and O–H groups in total. The van der Waals surface area contributed by atoms with Gasteiger partial charge in [-0.2, -0.15) is 0 Å². The Kier molecular flexibility index (Phi) is 9.01. The molecule has 0 aromatic heterocycles. The van der Waals surface area contributed by atoms with Crippen LogP contribution < -0.4 is 4.72 Å². The number of carboxylic acid groups (broad SMARTS) is 1. The second kappa shape index (κ2) is 9.31. The quantitative estimate of drug-likeness (QED) is 0.612. The molecule has 0 aromatic rings. The second-order valence-electron chi connectivity index (χ2n) is 5.29. The SMILES string of the molecule is CCCCS(=O)(=O)NCCC(CCC(=O)O)C(C)C. The van der Waals surface area contributed by atoms with E-state index in [1.807, 2.05) is 20.8 Å². The van der Waals surface area contributed by atoms with E-state index in [1.54, 1.807) is 0 Å². The lowest BCUT2D eigenvalue weighted by atomic mass is 9.88.